The minimum atomic E-state index is -0.218. The Hall–Kier alpha value is -0.830. The molecular weight excluding hydrogens is 200 g/mol. The molecule has 3 nitrogen and oxygen atoms in total. The first-order valence-electron chi connectivity index (χ1n) is 5.02. The summed E-state index contributed by atoms with van der Waals surface area (Å²) < 4.78 is 1.71. The van der Waals surface area contributed by atoms with E-state index >= 15 is 0 Å². The van der Waals surface area contributed by atoms with Gasteiger partial charge in [0, 0.05) is 12.2 Å². The predicted octanol–water partition coefficient (Wildman–Crippen LogP) is 2.40. The molecule has 0 aromatic carbocycles. The molecule has 76 valence electrons. The van der Waals surface area contributed by atoms with Crippen molar-refractivity contribution in [3.8, 4) is 0 Å². The lowest BCUT2D eigenvalue weighted by molar-refractivity contribution is 0.342. The third kappa shape index (κ3) is 1.98. The van der Waals surface area contributed by atoms with E-state index in [0.29, 0.717) is 6.04 Å². The molecule has 0 bridgehead atoms. The lowest BCUT2D eigenvalue weighted by atomic mass is 9.95. The molecule has 0 radical (unpaired) electrons. The topological polar surface area (TPSA) is 34.9 Å². The summed E-state index contributed by atoms with van der Waals surface area (Å²) in [7, 11) is 0. The first-order valence-corrected chi connectivity index (χ1v) is 5.40. The van der Waals surface area contributed by atoms with Gasteiger partial charge in [-0.05, 0) is 18.9 Å². The van der Waals surface area contributed by atoms with Crippen LogP contribution >= 0.6 is 11.6 Å². The van der Waals surface area contributed by atoms with Gasteiger partial charge in [-0.25, -0.2) is 4.79 Å². The molecule has 0 unspecified atom stereocenters. The highest BCUT2D eigenvalue weighted by molar-refractivity contribution is 6.29. The van der Waals surface area contributed by atoms with Crippen molar-refractivity contribution in [2.24, 2.45) is 0 Å². The highest BCUT2D eigenvalue weighted by Crippen LogP contribution is 2.26. The summed E-state index contributed by atoms with van der Waals surface area (Å²) in [5.41, 5.74) is -0.218. The van der Waals surface area contributed by atoms with E-state index in [1.165, 1.54) is 19.3 Å². The molecule has 1 aliphatic carbocycles. The summed E-state index contributed by atoms with van der Waals surface area (Å²) in [6, 6.07) is 2.01. The molecule has 0 saturated heterocycles. The van der Waals surface area contributed by atoms with Gasteiger partial charge in [-0.1, -0.05) is 30.9 Å². The fraction of sp³-hybridized carbons (Fsp3) is 0.600. The lowest BCUT2D eigenvalue weighted by Crippen LogP contribution is -2.27. The summed E-state index contributed by atoms with van der Waals surface area (Å²) in [6.07, 6.45) is 7.63. The Morgan fingerprint density at radius 3 is 2.71 bits per heavy atom. The van der Waals surface area contributed by atoms with E-state index in [2.05, 4.69) is 4.98 Å². The fourth-order valence-corrected chi connectivity index (χ4v) is 2.16. The van der Waals surface area contributed by atoms with Crippen LogP contribution in [-0.2, 0) is 0 Å². The summed E-state index contributed by atoms with van der Waals surface area (Å²) in [5, 5.41) is 0.280. The Morgan fingerprint density at radius 2 is 2.07 bits per heavy atom. The smallest absolute Gasteiger partial charge is 0.296 e. The number of rotatable bonds is 1. The molecule has 14 heavy (non-hydrogen) atoms. The fourth-order valence-electron chi connectivity index (χ4n) is 2.03. The number of nitrogens with zero attached hydrogens (tertiary/aromatic N) is 2. The van der Waals surface area contributed by atoms with Crippen molar-refractivity contribution in [3.63, 3.8) is 0 Å². The van der Waals surface area contributed by atoms with Crippen molar-refractivity contribution in [1.82, 2.24) is 9.55 Å². The van der Waals surface area contributed by atoms with Gasteiger partial charge in [-0.2, -0.15) is 4.98 Å². The first kappa shape index (κ1) is 9.71. The second-order valence-electron chi connectivity index (χ2n) is 3.73. The van der Waals surface area contributed by atoms with Gasteiger partial charge in [0.15, 0.2) is 0 Å². The van der Waals surface area contributed by atoms with Gasteiger partial charge in [0.2, 0.25) is 0 Å². The molecule has 0 atom stereocenters. The van der Waals surface area contributed by atoms with E-state index in [-0.39, 0.29) is 10.8 Å². The molecule has 4 heteroatoms. The normalized spacial score (nSPS) is 18.4. The van der Waals surface area contributed by atoms with Gasteiger partial charge < -0.3 is 0 Å². The van der Waals surface area contributed by atoms with E-state index in [1.54, 1.807) is 16.8 Å². The van der Waals surface area contributed by atoms with Gasteiger partial charge in [-0.3, -0.25) is 4.57 Å². The Morgan fingerprint density at radius 1 is 1.36 bits per heavy atom. The molecule has 0 spiro atoms. The molecule has 1 saturated carbocycles. The molecule has 1 aromatic rings. The highest BCUT2D eigenvalue weighted by atomic mass is 35.5. The van der Waals surface area contributed by atoms with Crippen LogP contribution in [0.4, 0.5) is 0 Å². The van der Waals surface area contributed by atoms with Gasteiger partial charge in [-0.15, -0.1) is 0 Å². The van der Waals surface area contributed by atoms with Gasteiger partial charge in [0.1, 0.15) is 5.15 Å². The zero-order valence-electron chi connectivity index (χ0n) is 7.95. The average Bonchev–Trinajstić information content (AvgIpc) is 2.19. The third-order valence-electron chi connectivity index (χ3n) is 2.76. The molecule has 2 rings (SSSR count). The molecule has 0 amide bonds. The van der Waals surface area contributed by atoms with E-state index in [1.807, 2.05) is 0 Å². The number of halogens is 1. The summed E-state index contributed by atoms with van der Waals surface area (Å²) in [4.78, 5) is 15.2. The van der Waals surface area contributed by atoms with Crippen LogP contribution in [-0.4, -0.2) is 9.55 Å². The van der Waals surface area contributed by atoms with Crippen LogP contribution in [0.3, 0.4) is 0 Å². The predicted molar refractivity (Wildman–Crippen MR) is 55.6 cm³/mol. The third-order valence-corrected chi connectivity index (χ3v) is 2.97. The summed E-state index contributed by atoms with van der Waals surface area (Å²) >= 11 is 5.63. The zero-order valence-corrected chi connectivity index (χ0v) is 8.70. The second-order valence-corrected chi connectivity index (χ2v) is 4.12. The van der Waals surface area contributed by atoms with Crippen LogP contribution in [0.1, 0.15) is 38.1 Å². The van der Waals surface area contributed by atoms with Crippen LogP contribution < -0.4 is 5.69 Å². The van der Waals surface area contributed by atoms with Crippen molar-refractivity contribution in [2.75, 3.05) is 0 Å². The Kier molecular flexibility index (Phi) is 2.87. The van der Waals surface area contributed by atoms with Gasteiger partial charge >= 0.3 is 5.69 Å². The van der Waals surface area contributed by atoms with Gasteiger partial charge in [0.25, 0.3) is 0 Å². The average molecular weight is 213 g/mol. The Labute approximate surface area is 87.7 Å². The summed E-state index contributed by atoms with van der Waals surface area (Å²) in [5.74, 6) is 0. The second kappa shape index (κ2) is 4.13. The van der Waals surface area contributed by atoms with Crippen molar-refractivity contribution in [1.29, 1.82) is 0 Å². The monoisotopic (exact) mass is 212 g/mol. The van der Waals surface area contributed by atoms with Crippen molar-refractivity contribution in [3.05, 3.63) is 27.9 Å². The number of aromatic nitrogens is 2. The largest absolute Gasteiger partial charge is 0.349 e. The van der Waals surface area contributed by atoms with Crippen LogP contribution in [0.5, 0.6) is 0 Å². The van der Waals surface area contributed by atoms with Crippen LogP contribution in [0.15, 0.2) is 17.1 Å². The number of hydrogen-bond donors (Lipinski definition) is 0. The maximum atomic E-state index is 11.5. The maximum absolute atomic E-state index is 11.5. The molecule has 0 aliphatic heterocycles. The first-order chi connectivity index (χ1) is 6.77. The van der Waals surface area contributed by atoms with Crippen molar-refractivity contribution >= 4 is 11.6 Å². The van der Waals surface area contributed by atoms with Crippen LogP contribution in [0.2, 0.25) is 5.15 Å². The molecule has 1 aliphatic rings. The molecule has 1 fully saturated rings. The molecule has 0 N–H and O–H groups in total. The van der Waals surface area contributed by atoms with Crippen LogP contribution in [0, 0.1) is 0 Å². The minimum Gasteiger partial charge on any atom is -0.296 e. The zero-order chi connectivity index (χ0) is 9.97. The van der Waals surface area contributed by atoms with E-state index in [9.17, 15) is 4.79 Å². The highest BCUT2D eigenvalue weighted by Gasteiger charge is 2.16. The minimum absolute atomic E-state index is 0.218. The van der Waals surface area contributed by atoms with E-state index < -0.39 is 0 Å². The SMILES string of the molecule is O=c1nc(Cl)ccn1C1CCCCC1. The van der Waals surface area contributed by atoms with Crippen molar-refractivity contribution in [2.45, 2.75) is 38.1 Å². The van der Waals surface area contributed by atoms with Crippen molar-refractivity contribution < 1.29 is 0 Å². The lowest BCUT2D eigenvalue weighted by Gasteiger charge is -2.23. The summed E-state index contributed by atoms with van der Waals surface area (Å²) in [6.45, 7) is 0. The molecule has 1 heterocycles. The molecule has 1 aromatic heterocycles. The Bertz CT molecular complexity index is 369. The van der Waals surface area contributed by atoms with E-state index in [4.69, 9.17) is 11.6 Å². The standard InChI is InChI=1S/C10H13ClN2O/c11-9-6-7-13(10(14)12-9)8-4-2-1-3-5-8/h6-8H,1-5H2. The quantitative estimate of drug-likeness (QED) is 0.670. The van der Waals surface area contributed by atoms with Crippen LogP contribution in [0.25, 0.3) is 0 Å². The Balaban J connectivity index is 2.26. The number of hydrogen-bond acceptors (Lipinski definition) is 2. The maximum Gasteiger partial charge on any atom is 0.349 e. The van der Waals surface area contributed by atoms with E-state index in [0.717, 1.165) is 12.8 Å². The molecular formula is C10H13ClN2O. The van der Waals surface area contributed by atoms with Gasteiger partial charge in [0.05, 0.1) is 0 Å².